The number of ketones is 1. The van der Waals surface area contributed by atoms with Crippen molar-refractivity contribution in [2.24, 2.45) is 5.16 Å². The van der Waals surface area contributed by atoms with E-state index in [2.05, 4.69) is 20.4 Å². The molecule has 1 N–H and O–H groups in total. The SMILES string of the molecule is Cc1ccc(C2=NOC(C)(C)C2=O)cc1-c1cnc(NC(=O)c2cccc(F)c2F)cn1. The number of anilines is 1. The van der Waals surface area contributed by atoms with Gasteiger partial charge in [0.05, 0.1) is 23.7 Å². The number of nitrogens with zero attached hydrogens (tertiary/aromatic N) is 3. The minimum Gasteiger partial charge on any atom is -0.381 e. The van der Waals surface area contributed by atoms with Gasteiger partial charge in [-0.3, -0.25) is 14.6 Å². The lowest BCUT2D eigenvalue weighted by molar-refractivity contribution is -0.128. The molecule has 1 aliphatic rings. The number of benzene rings is 2. The van der Waals surface area contributed by atoms with Crippen molar-refractivity contribution in [1.29, 1.82) is 0 Å². The van der Waals surface area contributed by atoms with Crippen LogP contribution in [0.4, 0.5) is 14.6 Å². The molecule has 0 unspecified atom stereocenters. The van der Waals surface area contributed by atoms with Gasteiger partial charge in [0.15, 0.2) is 28.8 Å². The quantitative estimate of drug-likeness (QED) is 0.666. The highest BCUT2D eigenvalue weighted by atomic mass is 19.2. The molecule has 0 radical (unpaired) electrons. The minimum atomic E-state index is -1.24. The first-order valence-electron chi connectivity index (χ1n) is 9.67. The van der Waals surface area contributed by atoms with Crippen LogP contribution in [-0.2, 0) is 9.63 Å². The second-order valence-corrected chi connectivity index (χ2v) is 7.74. The molecule has 9 heteroatoms. The van der Waals surface area contributed by atoms with Crippen LogP contribution in [0, 0.1) is 18.6 Å². The Morgan fingerprint density at radius 1 is 1.09 bits per heavy atom. The van der Waals surface area contributed by atoms with Gasteiger partial charge < -0.3 is 10.2 Å². The molecule has 2 heterocycles. The zero-order valence-electron chi connectivity index (χ0n) is 17.4. The Labute approximate surface area is 182 Å². The zero-order chi connectivity index (χ0) is 23.0. The fourth-order valence-electron chi connectivity index (χ4n) is 3.15. The van der Waals surface area contributed by atoms with Crippen LogP contribution < -0.4 is 5.32 Å². The molecule has 0 bridgehead atoms. The summed E-state index contributed by atoms with van der Waals surface area (Å²) in [5, 5.41) is 6.31. The highest BCUT2D eigenvalue weighted by Crippen LogP contribution is 2.27. The summed E-state index contributed by atoms with van der Waals surface area (Å²) in [6.07, 6.45) is 2.74. The molecule has 2 aromatic carbocycles. The van der Waals surface area contributed by atoms with Gasteiger partial charge in [0.25, 0.3) is 5.91 Å². The molecule has 0 atom stereocenters. The molecule has 32 heavy (non-hydrogen) atoms. The first kappa shape index (κ1) is 21.2. The number of oxime groups is 1. The molecule has 1 aromatic heterocycles. The fourth-order valence-corrected chi connectivity index (χ4v) is 3.15. The molecular formula is C23H18F2N4O3. The number of carbonyl (C=O) groups excluding carboxylic acids is 2. The van der Waals surface area contributed by atoms with E-state index in [0.29, 0.717) is 16.8 Å². The zero-order valence-corrected chi connectivity index (χ0v) is 17.4. The van der Waals surface area contributed by atoms with Crippen LogP contribution in [0.1, 0.15) is 35.3 Å². The molecule has 0 saturated carbocycles. The Kier molecular flexibility index (Phi) is 5.25. The van der Waals surface area contributed by atoms with E-state index in [1.165, 1.54) is 24.5 Å². The van der Waals surface area contributed by atoms with Crippen LogP contribution in [0.2, 0.25) is 0 Å². The molecule has 0 spiro atoms. The van der Waals surface area contributed by atoms with Crippen molar-refractivity contribution in [2.45, 2.75) is 26.4 Å². The van der Waals surface area contributed by atoms with Gasteiger partial charge in [0.1, 0.15) is 0 Å². The second-order valence-electron chi connectivity index (χ2n) is 7.74. The van der Waals surface area contributed by atoms with Crippen LogP contribution in [0.25, 0.3) is 11.3 Å². The van der Waals surface area contributed by atoms with Crippen LogP contribution in [0.15, 0.2) is 53.9 Å². The van der Waals surface area contributed by atoms with E-state index in [1.807, 2.05) is 13.0 Å². The van der Waals surface area contributed by atoms with E-state index in [4.69, 9.17) is 4.84 Å². The van der Waals surface area contributed by atoms with Gasteiger partial charge in [0.2, 0.25) is 5.78 Å². The summed E-state index contributed by atoms with van der Waals surface area (Å²) in [7, 11) is 0. The van der Waals surface area contributed by atoms with Crippen LogP contribution in [-0.4, -0.2) is 33.0 Å². The van der Waals surface area contributed by atoms with Gasteiger partial charge in [-0.15, -0.1) is 0 Å². The maximum atomic E-state index is 13.8. The largest absolute Gasteiger partial charge is 0.381 e. The van der Waals surface area contributed by atoms with Crippen molar-refractivity contribution < 1.29 is 23.2 Å². The van der Waals surface area contributed by atoms with E-state index in [0.717, 1.165) is 11.6 Å². The third-order valence-electron chi connectivity index (χ3n) is 5.00. The summed E-state index contributed by atoms with van der Waals surface area (Å²) in [6.45, 7) is 5.17. The van der Waals surface area contributed by atoms with Crippen molar-refractivity contribution in [2.75, 3.05) is 5.32 Å². The van der Waals surface area contributed by atoms with Crippen molar-refractivity contribution in [3.05, 3.63) is 77.1 Å². The molecule has 162 valence electrons. The highest BCUT2D eigenvalue weighted by molar-refractivity contribution is 6.49. The molecule has 7 nitrogen and oxygen atoms in total. The second kappa shape index (κ2) is 7.92. The number of hydrogen-bond donors (Lipinski definition) is 1. The Bertz CT molecular complexity index is 1270. The molecular weight excluding hydrogens is 418 g/mol. The predicted octanol–water partition coefficient (Wildman–Crippen LogP) is 4.06. The number of amides is 1. The molecule has 0 aliphatic carbocycles. The molecule has 4 rings (SSSR count). The van der Waals surface area contributed by atoms with Crippen LogP contribution >= 0.6 is 0 Å². The van der Waals surface area contributed by atoms with Crippen molar-refractivity contribution in [3.63, 3.8) is 0 Å². The lowest BCUT2D eigenvalue weighted by Crippen LogP contribution is -2.33. The first-order valence-corrected chi connectivity index (χ1v) is 9.67. The summed E-state index contributed by atoms with van der Waals surface area (Å²) in [5.41, 5.74) is 1.45. The van der Waals surface area contributed by atoms with Crippen molar-refractivity contribution >= 4 is 23.2 Å². The Morgan fingerprint density at radius 3 is 2.53 bits per heavy atom. The van der Waals surface area contributed by atoms with Gasteiger partial charge in [-0.2, -0.15) is 0 Å². The average Bonchev–Trinajstić information content (AvgIpc) is 3.04. The maximum absolute atomic E-state index is 13.8. The third-order valence-corrected chi connectivity index (χ3v) is 5.00. The van der Waals surface area contributed by atoms with Gasteiger partial charge in [-0.1, -0.05) is 23.4 Å². The Balaban J connectivity index is 1.58. The van der Waals surface area contributed by atoms with Crippen molar-refractivity contribution in [1.82, 2.24) is 9.97 Å². The van der Waals surface area contributed by atoms with E-state index < -0.39 is 28.7 Å². The lowest BCUT2D eigenvalue weighted by Gasteiger charge is -2.12. The number of aromatic nitrogens is 2. The number of rotatable bonds is 4. The number of Topliss-reactive ketones (excluding diaryl/α,β-unsaturated/α-hetero) is 1. The summed E-state index contributed by atoms with van der Waals surface area (Å²) < 4.78 is 27.2. The molecule has 1 aliphatic heterocycles. The molecule has 1 amide bonds. The number of nitrogens with one attached hydrogen (secondary N) is 1. The average molecular weight is 436 g/mol. The van der Waals surface area contributed by atoms with Crippen LogP contribution in [0.3, 0.4) is 0 Å². The van der Waals surface area contributed by atoms with E-state index in [9.17, 15) is 18.4 Å². The molecule has 0 fully saturated rings. The number of carbonyl (C=O) groups is 2. The smallest absolute Gasteiger partial charge is 0.259 e. The summed E-state index contributed by atoms with van der Waals surface area (Å²) in [4.78, 5) is 38.4. The first-order chi connectivity index (χ1) is 15.2. The van der Waals surface area contributed by atoms with E-state index >= 15 is 0 Å². The summed E-state index contributed by atoms with van der Waals surface area (Å²) in [5.74, 6) is -3.35. The van der Waals surface area contributed by atoms with Gasteiger partial charge in [0, 0.05) is 11.1 Å². The number of halogens is 2. The normalized spacial score (nSPS) is 14.7. The maximum Gasteiger partial charge on any atom is 0.259 e. The fraction of sp³-hybridized carbons (Fsp3) is 0.174. The van der Waals surface area contributed by atoms with Gasteiger partial charge in [-0.05, 0) is 44.5 Å². The number of aryl methyl sites for hydroxylation is 1. The third kappa shape index (κ3) is 3.84. The van der Waals surface area contributed by atoms with E-state index in [1.54, 1.807) is 26.0 Å². The monoisotopic (exact) mass is 436 g/mol. The Morgan fingerprint density at radius 2 is 1.88 bits per heavy atom. The predicted molar refractivity (Wildman–Crippen MR) is 113 cm³/mol. The molecule has 0 saturated heterocycles. The Hall–Kier alpha value is -4.01. The van der Waals surface area contributed by atoms with Gasteiger partial charge >= 0.3 is 0 Å². The minimum absolute atomic E-state index is 0.0710. The van der Waals surface area contributed by atoms with Crippen LogP contribution in [0.5, 0.6) is 0 Å². The highest BCUT2D eigenvalue weighted by Gasteiger charge is 2.40. The number of hydrogen-bond acceptors (Lipinski definition) is 6. The topological polar surface area (TPSA) is 93.5 Å². The van der Waals surface area contributed by atoms with Gasteiger partial charge in [-0.25, -0.2) is 13.8 Å². The van der Waals surface area contributed by atoms with Crippen molar-refractivity contribution in [3.8, 4) is 11.3 Å². The standard InChI is InChI=1S/C23H18F2N4O3/c1-12-7-8-13(20-21(30)23(2,3)32-29-20)9-15(12)17-10-27-18(11-26-17)28-22(31)14-5-4-6-16(24)19(14)25/h4-11H,1-3H3,(H,27,28,31). The lowest BCUT2D eigenvalue weighted by atomic mass is 9.93. The molecule has 3 aromatic rings. The summed E-state index contributed by atoms with van der Waals surface area (Å²) in [6, 6.07) is 8.70. The summed E-state index contributed by atoms with van der Waals surface area (Å²) >= 11 is 0. The van der Waals surface area contributed by atoms with E-state index in [-0.39, 0.29) is 17.3 Å².